The zero-order valence-electron chi connectivity index (χ0n) is 8.24. The minimum absolute atomic E-state index is 0.0957. The lowest BCUT2D eigenvalue weighted by atomic mass is 10.2. The van der Waals surface area contributed by atoms with Gasteiger partial charge in [-0.3, -0.25) is 4.79 Å². The number of carbonyl (C=O) groups is 1. The van der Waals surface area contributed by atoms with E-state index in [1.807, 2.05) is 0 Å². The molecule has 15 heavy (non-hydrogen) atoms. The Kier molecular flexibility index (Phi) is 2.77. The molecule has 0 spiro atoms. The molecule has 4 nitrogen and oxygen atoms in total. The zero-order chi connectivity index (χ0) is 10.8. The summed E-state index contributed by atoms with van der Waals surface area (Å²) in [6.45, 7) is 1.59. The Morgan fingerprint density at radius 3 is 2.73 bits per heavy atom. The van der Waals surface area contributed by atoms with Gasteiger partial charge in [-0.2, -0.15) is 0 Å². The molecule has 0 unspecified atom stereocenters. The van der Waals surface area contributed by atoms with Gasteiger partial charge in [0.25, 0.3) is 5.91 Å². The van der Waals surface area contributed by atoms with Gasteiger partial charge in [0.15, 0.2) is 5.69 Å². The molecule has 2 rings (SSSR count). The van der Waals surface area contributed by atoms with Crippen molar-refractivity contribution in [2.45, 2.75) is 12.8 Å². The van der Waals surface area contributed by atoms with Gasteiger partial charge in [0.2, 0.25) is 0 Å². The van der Waals surface area contributed by atoms with Crippen LogP contribution in [0.25, 0.3) is 0 Å². The molecule has 0 bridgehead atoms. The molecule has 1 aliphatic rings. The number of carbonyl (C=O) groups excluding carboxylic acids is 1. The highest BCUT2D eigenvalue weighted by Crippen LogP contribution is 2.18. The summed E-state index contributed by atoms with van der Waals surface area (Å²) < 4.78 is 0. The predicted molar refractivity (Wildman–Crippen MR) is 58.8 cm³/mol. The summed E-state index contributed by atoms with van der Waals surface area (Å²) in [6, 6.07) is 1.55. The smallest absolute Gasteiger partial charge is 0.274 e. The van der Waals surface area contributed by atoms with Crippen molar-refractivity contribution in [3.05, 3.63) is 23.0 Å². The average molecular weight is 226 g/mol. The third-order valence-electron chi connectivity index (χ3n) is 2.48. The molecule has 80 valence electrons. The van der Waals surface area contributed by atoms with Gasteiger partial charge in [-0.1, -0.05) is 11.6 Å². The predicted octanol–water partition coefficient (Wildman–Crippen LogP) is 1.55. The fourth-order valence-electron chi connectivity index (χ4n) is 1.70. The molecule has 0 aromatic carbocycles. The van der Waals surface area contributed by atoms with E-state index in [2.05, 4.69) is 4.98 Å². The second-order valence-corrected chi connectivity index (χ2v) is 4.03. The first-order chi connectivity index (χ1) is 7.18. The standard InChI is InChI=1S/C10H12ClN3O/c11-7-5-8(12)9(13-6-7)10(15)14-3-1-2-4-14/h5-6H,1-4,12H2. The van der Waals surface area contributed by atoms with E-state index in [1.54, 1.807) is 11.0 Å². The highest BCUT2D eigenvalue weighted by atomic mass is 35.5. The lowest BCUT2D eigenvalue weighted by Gasteiger charge is -2.15. The van der Waals surface area contributed by atoms with Crippen LogP contribution in [0.15, 0.2) is 12.3 Å². The van der Waals surface area contributed by atoms with Gasteiger partial charge in [-0.05, 0) is 18.9 Å². The number of rotatable bonds is 1. The number of nitrogens with zero attached hydrogens (tertiary/aromatic N) is 2. The molecule has 2 N–H and O–H groups in total. The number of nitrogen functional groups attached to an aromatic ring is 1. The van der Waals surface area contributed by atoms with Crippen molar-refractivity contribution in [3.8, 4) is 0 Å². The van der Waals surface area contributed by atoms with Gasteiger partial charge in [0.1, 0.15) is 0 Å². The van der Waals surface area contributed by atoms with E-state index in [-0.39, 0.29) is 5.91 Å². The number of anilines is 1. The first-order valence-corrected chi connectivity index (χ1v) is 5.26. The monoisotopic (exact) mass is 225 g/mol. The van der Waals surface area contributed by atoms with Gasteiger partial charge >= 0.3 is 0 Å². The van der Waals surface area contributed by atoms with Crippen LogP contribution in [0.5, 0.6) is 0 Å². The summed E-state index contributed by atoms with van der Waals surface area (Å²) in [6.07, 6.45) is 3.56. The van der Waals surface area contributed by atoms with E-state index in [0.717, 1.165) is 25.9 Å². The normalized spacial score (nSPS) is 15.7. The van der Waals surface area contributed by atoms with Crippen molar-refractivity contribution in [2.24, 2.45) is 0 Å². The largest absolute Gasteiger partial charge is 0.397 e. The van der Waals surface area contributed by atoms with Crippen LogP contribution in [-0.2, 0) is 0 Å². The van der Waals surface area contributed by atoms with Gasteiger partial charge in [0.05, 0.1) is 10.7 Å². The SMILES string of the molecule is Nc1cc(Cl)cnc1C(=O)N1CCCC1. The first-order valence-electron chi connectivity index (χ1n) is 4.89. The summed E-state index contributed by atoms with van der Waals surface area (Å²) in [5.74, 6) is -0.0957. The van der Waals surface area contributed by atoms with E-state index < -0.39 is 0 Å². The fourth-order valence-corrected chi connectivity index (χ4v) is 1.87. The van der Waals surface area contributed by atoms with Crippen LogP contribution in [0.1, 0.15) is 23.3 Å². The maximum absolute atomic E-state index is 11.9. The second-order valence-electron chi connectivity index (χ2n) is 3.59. The topological polar surface area (TPSA) is 59.2 Å². The van der Waals surface area contributed by atoms with Gasteiger partial charge in [-0.15, -0.1) is 0 Å². The van der Waals surface area contributed by atoms with Crippen molar-refractivity contribution in [1.29, 1.82) is 0 Å². The summed E-state index contributed by atoms with van der Waals surface area (Å²) in [7, 11) is 0. The molecule has 0 aliphatic carbocycles. The van der Waals surface area contributed by atoms with Gasteiger partial charge in [0, 0.05) is 19.3 Å². The Morgan fingerprint density at radius 2 is 2.13 bits per heavy atom. The molecule has 1 aliphatic heterocycles. The first kappa shape index (κ1) is 10.2. The Bertz CT molecular complexity index is 388. The molecule has 1 aromatic rings. The molecule has 0 radical (unpaired) electrons. The minimum Gasteiger partial charge on any atom is -0.397 e. The van der Waals surface area contributed by atoms with Crippen LogP contribution in [-0.4, -0.2) is 28.9 Å². The molecule has 2 heterocycles. The van der Waals surface area contributed by atoms with Crippen LogP contribution < -0.4 is 5.73 Å². The van der Waals surface area contributed by atoms with Crippen LogP contribution in [0.4, 0.5) is 5.69 Å². The van der Waals surface area contributed by atoms with E-state index >= 15 is 0 Å². The van der Waals surface area contributed by atoms with Crippen LogP contribution >= 0.6 is 11.6 Å². The molecule has 5 heteroatoms. The quantitative estimate of drug-likeness (QED) is 0.789. The Morgan fingerprint density at radius 1 is 1.47 bits per heavy atom. The van der Waals surface area contributed by atoms with Crippen molar-refractivity contribution < 1.29 is 4.79 Å². The molecule has 1 amide bonds. The zero-order valence-corrected chi connectivity index (χ0v) is 9.00. The summed E-state index contributed by atoms with van der Waals surface area (Å²) >= 11 is 5.71. The highest BCUT2D eigenvalue weighted by Gasteiger charge is 2.22. The maximum Gasteiger partial charge on any atom is 0.274 e. The van der Waals surface area contributed by atoms with E-state index in [1.165, 1.54) is 6.20 Å². The van der Waals surface area contributed by atoms with Crippen LogP contribution in [0.2, 0.25) is 5.02 Å². The lowest BCUT2D eigenvalue weighted by molar-refractivity contribution is 0.0788. The van der Waals surface area contributed by atoms with Crippen molar-refractivity contribution in [1.82, 2.24) is 9.88 Å². The number of nitrogens with two attached hydrogens (primary N) is 1. The Hall–Kier alpha value is -1.29. The summed E-state index contributed by atoms with van der Waals surface area (Å²) in [5, 5.41) is 0.450. The van der Waals surface area contributed by atoms with E-state index in [0.29, 0.717) is 16.4 Å². The highest BCUT2D eigenvalue weighted by molar-refractivity contribution is 6.30. The average Bonchev–Trinajstić information content (AvgIpc) is 2.69. The molecular formula is C10H12ClN3O. The maximum atomic E-state index is 11.9. The van der Waals surface area contributed by atoms with E-state index in [9.17, 15) is 4.79 Å². The van der Waals surface area contributed by atoms with E-state index in [4.69, 9.17) is 17.3 Å². The Labute approximate surface area is 93.0 Å². The number of hydrogen-bond donors (Lipinski definition) is 1. The molecular weight excluding hydrogens is 214 g/mol. The number of halogens is 1. The molecule has 1 fully saturated rings. The van der Waals surface area contributed by atoms with Gasteiger partial charge in [-0.25, -0.2) is 4.98 Å². The molecule has 1 aromatic heterocycles. The summed E-state index contributed by atoms with van der Waals surface area (Å²) in [5.41, 5.74) is 6.35. The molecule has 0 saturated carbocycles. The fraction of sp³-hybridized carbons (Fsp3) is 0.400. The molecule has 0 atom stereocenters. The number of likely N-dealkylation sites (tertiary alicyclic amines) is 1. The van der Waals surface area contributed by atoms with Crippen LogP contribution in [0.3, 0.4) is 0 Å². The number of hydrogen-bond acceptors (Lipinski definition) is 3. The summed E-state index contributed by atoms with van der Waals surface area (Å²) in [4.78, 5) is 17.7. The van der Waals surface area contributed by atoms with Crippen molar-refractivity contribution in [3.63, 3.8) is 0 Å². The van der Waals surface area contributed by atoms with Crippen molar-refractivity contribution >= 4 is 23.2 Å². The Balaban J connectivity index is 2.24. The number of amides is 1. The number of pyridine rings is 1. The lowest BCUT2D eigenvalue weighted by Crippen LogP contribution is -2.29. The second kappa shape index (κ2) is 4.06. The third-order valence-corrected chi connectivity index (χ3v) is 2.69. The van der Waals surface area contributed by atoms with Crippen molar-refractivity contribution in [2.75, 3.05) is 18.8 Å². The van der Waals surface area contributed by atoms with Crippen LogP contribution in [0, 0.1) is 0 Å². The van der Waals surface area contributed by atoms with Gasteiger partial charge < -0.3 is 10.6 Å². The minimum atomic E-state index is -0.0957. The third kappa shape index (κ3) is 2.04. The number of aromatic nitrogens is 1. The molecule has 1 saturated heterocycles.